The van der Waals surface area contributed by atoms with Gasteiger partial charge in [-0.25, -0.2) is 4.98 Å². The summed E-state index contributed by atoms with van der Waals surface area (Å²) in [6.45, 7) is 2.46. The molecule has 3 rings (SSSR count). The average molecular weight is 383 g/mol. The number of hydrogen-bond acceptors (Lipinski definition) is 4. The molecule has 1 saturated heterocycles. The van der Waals surface area contributed by atoms with Gasteiger partial charge in [0.05, 0.1) is 0 Å². The minimum atomic E-state index is -4.71. The molecule has 0 N–H and O–H groups in total. The van der Waals surface area contributed by atoms with E-state index in [1.807, 2.05) is 0 Å². The van der Waals surface area contributed by atoms with Gasteiger partial charge >= 0.3 is 6.18 Å². The van der Waals surface area contributed by atoms with Gasteiger partial charge in [-0.15, -0.1) is 11.3 Å². The van der Waals surface area contributed by atoms with E-state index in [-0.39, 0.29) is 24.0 Å². The number of aromatic nitrogens is 1. The fraction of sp³-hybridized carbons (Fsp3) is 0.353. The number of alkyl halides is 3. The van der Waals surface area contributed by atoms with Gasteiger partial charge in [0.15, 0.2) is 5.69 Å². The highest BCUT2D eigenvalue weighted by atomic mass is 32.1. The lowest BCUT2D eigenvalue weighted by atomic mass is 10.2. The fourth-order valence-corrected chi connectivity index (χ4v) is 3.79. The quantitative estimate of drug-likeness (QED) is 0.801. The molecule has 0 radical (unpaired) electrons. The maximum atomic E-state index is 13.4. The summed E-state index contributed by atoms with van der Waals surface area (Å²) in [5.41, 5.74) is -0.621. The lowest BCUT2D eigenvalue weighted by Gasteiger charge is -2.34. The zero-order chi connectivity index (χ0) is 18.9. The van der Waals surface area contributed by atoms with Crippen molar-refractivity contribution in [3.8, 4) is 10.6 Å². The van der Waals surface area contributed by atoms with Gasteiger partial charge in [0.1, 0.15) is 9.88 Å². The number of benzene rings is 1. The van der Waals surface area contributed by atoms with Gasteiger partial charge < -0.3 is 9.80 Å². The summed E-state index contributed by atoms with van der Waals surface area (Å²) >= 11 is 0.745. The number of carbonyl (C=O) groups excluding carboxylic acids is 2. The molecule has 2 heterocycles. The average Bonchev–Trinajstić information content (AvgIpc) is 3.08. The van der Waals surface area contributed by atoms with Crippen molar-refractivity contribution in [3.63, 3.8) is 0 Å². The second kappa shape index (κ2) is 7.06. The normalized spacial score (nSPS) is 15.2. The molecule has 9 heteroatoms. The van der Waals surface area contributed by atoms with Crippen molar-refractivity contribution in [2.24, 2.45) is 0 Å². The second-order valence-corrected chi connectivity index (χ2v) is 6.86. The number of nitrogens with zero attached hydrogens (tertiary/aromatic N) is 3. The lowest BCUT2D eigenvalue weighted by Crippen LogP contribution is -2.50. The SMILES string of the molecule is CC(=O)N1CCN(C(=O)c2sc(-c3ccccc3)nc2C(F)(F)F)CC1. The summed E-state index contributed by atoms with van der Waals surface area (Å²) < 4.78 is 40.2. The van der Waals surface area contributed by atoms with Crippen LogP contribution >= 0.6 is 11.3 Å². The molecule has 138 valence electrons. The van der Waals surface area contributed by atoms with Gasteiger partial charge in [0.2, 0.25) is 5.91 Å². The largest absolute Gasteiger partial charge is 0.435 e. The van der Waals surface area contributed by atoms with Crippen LogP contribution in [0.15, 0.2) is 30.3 Å². The topological polar surface area (TPSA) is 53.5 Å². The van der Waals surface area contributed by atoms with E-state index >= 15 is 0 Å². The Labute approximate surface area is 152 Å². The minimum absolute atomic E-state index is 0.114. The van der Waals surface area contributed by atoms with Crippen molar-refractivity contribution < 1.29 is 22.8 Å². The van der Waals surface area contributed by atoms with Crippen molar-refractivity contribution in [2.75, 3.05) is 26.2 Å². The Morgan fingerprint density at radius 3 is 2.15 bits per heavy atom. The molecule has 0 aliphatic carbocycles. The number of carbonyl (C=O) groups is 2. The highest BCUT2D eigenvalue weighted by Gasteiger charge is 2.41. The Kier molecular flexibility index (Phi) is 4.99. The zero-order valence-electron chi connectivity index (χ0n) is 13.9. The molecule has 1 aromatic heterocycles. The predicted molar refractivity (Wildman–Crippen MR) is 90.7 cm³/mol. The van der Waals surface area contributed by atoms with E-state index in [2.05, 4.69) is 4.98 Å². The summed E-state index contributed by atoms with van der Waals surface area (Å²) in [6.07, 6.45) is -4.71. The van der Waals surface area contributed by atoms with Crippen molar-refractivity contribution in [3.05, 3.63) is 40.9 Å². The van der Waals surface area contributed by atoms with Gasteiger partial charge in [-0.2, -0.15) is 13.2 Å². The van der Waals surface area contributed by atoms with Gasteiger partial charge in [-0.05, 0) is 0 Å². The number of piperazine rings is 1. The molecule has 1 aliphatic heterocycles. The molecule has 1 aliphatic rings. The molecule has 26 heavy (non-hydrogen) atoms. The molecule has 2 amide bonds. The van der Waals surface area contributed by atoms with Crippen LogP contribution in [-0.4, -0.2) is 52.8 Å². The van der Waals surface area contributed by atoms with Crippen molar-refractivity contribution in [2.45, 2.75) is 13.1 Å². The van der Waals surface area contributed by atoms with E-state index in [1.54, 1.807) is 35.2 Å². The number of rotatable bonds is 2. The lowest BCUT2D eigenvalue weighted by molar-refractivity contribution is -0.141. The molecule has 1 fully saturated rings. The molecular formula is C17H16F3N3O2S. The molecule has 5 nitrogen and oxygen atoms in total. The van der Waals surface area contributed by atoms with Crippen LogP contribution < -0.4 is 0 Å². The van der Waals surface area contributed by atoms with Crippen LogP contribution in [0, 0.1) is 0 Å². The number of thiazole rings is 1. The second-order valence-electron chi connectivity index (χ2n) is 5.86. The van der Waals surface area contributed by atoms with E-state index < -0.39 is 22.7 Å². The van der Waals surface area contributed by atoms with Crippen LogP contribution in [0.1, 0.15) is 22.3 Å². The third-order valence-corrected chi connectivity index (χ3v) is 5.22. The summed E-state index contributed by atoms with van der Waals surface area (Å²) in [6, 6.07) is 8.46. The van der Waals surface area contributed by atoms with E-state index in [4.69, 9.17) is 0 Å². The molecule has 0 saturated carbocycles. The standard InChI is InChI=1S/C17H16F3N3O2S/c1-11(24)22-7-9-23(10-8-22)16(25)13-14(17(18,19)20)21-15(26-13)12-5-3-2-4-6-12/h2-6H,7-10H2,1H3. The monoisotopic (exact) mass is 383 g/mol. The third kappa shape index (κ3) is 3.72. The number of amides is 2. The highest BCUT2D eigenvalue weighted by molar-refractivity contribution is 7.17. The third-order valence-electron chi connectivity index (χ3n) is 4.12. The van der Waals surface area contributed by atoms with Crippen LogP contribution in [-0.2, 0) is 11.0 Å². The van der Waals surface area contributed by atoms with E-state index in [1.165, 1.54) is 11.8 Å². The van der Waals surface area contributed by atoms with Crippen LogP contribution in [0.2, 0.25) is 0 Å². The Balaban J connectivity index is 1.90. The Morgan fingerprint density at radius 2 is 1.62 bits per heavy atom. The first-order valence-electron chi connectivity index (χ1n) is 7.95. The molecule has 0 unspecified atom stereocenters. The summed E-state index contributed by atoms with van der Waals surface area (Å²) in [5, 5.41) is 0.156. The van der Waals surface area contributed by atoms with Gasteiger partial charge in [-0.3, -0.25) is 9.59 Å². The van der Waals surface area contributed by atoms with Crippen LogP contribution in [0.25, 0.3) is 10.6 Å². The van der Waals surface area contributed by atoms with Gasteiger partial charge in [0.25, 0.3) is 5.91 Å². The Hall–Kier alpha value is -2.42. The molecule has 2 aromatic rings. The highest BCUT2D eigenvalue weighted by Crippen LogP contribution is 2.38. The summed E-state index contributed by atoms with van der Waals surface area (Å²) in [4.78, 5) is 30.2. The Bertz CT molecular complexity index is 812. The first-order chi connectivity index (χ1) is 12.3. The molecule has 0 bridgehead atoms. The fourth-order valence-electron chi connectivity index (χ4n) is 2.73. The minimum Gasteiger partial charge on any atom is -0.339 e. The van der Waals surface area contributed by atoms with Crippen molar-refractivity contribution in [1.82, 2.24) is 14.8 Å². The maximum Gasteiger partial charge on any atom is 0.435 e. The summed E-state index contributed by atoms with van der Waals surface area (Å²) in [5.74, 6) is -0.808. The van der Waals surface area contributed by atoms with Crippen LogP contribution in [0.4, 0.5) is 13.2 Å². The molecular weight excluding hydrogens is 367 g/mol. The van der Waals surface area contributed by atoms with E-state index in [0.717, 1.165) is 11.3 Å². The first-order valence-corrected chi connectivity index (χ1v) is 8.77. The zero-order valence-corrected chi connectivity index (χ0v) is 14.7. The summed E-state index contributed by atoms with van der Waals surface area (Å²) in [7, 11) is 0. The van der Waals surface area contributed by atoms with Gasteiger partial charge in [-0.1, -0.05) is 30.3 Å². The van der Waals surface area contributed by atoms with Gasteiger partial charge in [0, 0.05) is 38.7 Å². The maximum absolute atomic E-state index is 13.4. The number of halogens is 3. The Morgan fingerprint density at radius 1 is 1.04 bits per heavy atom. The molecule has 0 spiro atoms. The smallest absolute Gasteiger partial charge is 0.339 e. The van der Waals surface area contributed by atoms with Crippen LogP contribution in [0.3, 0.4) is 0 Å². The van der Waals surface area contributed by atoms with E-state index in [0.29, 0.717) is 18.7 Å². The van der Waals surface area contributed by atoms with Crippen LogP contribution in [0.5, 0.6) is 0 Å². The predicted octanol–water partition coefficient (Wildman–Crippen LogP) is 3.13. The molecule has 1 aromatic carbocycles. The first kappa shape index (κ1) is 18.4. The molecule has 0 atom stereocenters. The number of hydrogen-bond donors (Lipinski definition) is 0. The van der Waals surface area contributed by atoms with Crippen molar-refractivity contribution in [1.29, 1.82) is 0 Å². The van der Waals surface area contributed by atoms with Crippen molar-refractivity contribution >= 4 is 23.2 Å². The van der Waals surface area contributed by atoms with E-state index in [9.17, 15) is 22.8 Å².